The number of hydrogen-bond donors (Lipinski definition) is 2. The van der Waals surface area contributed by atoms with Gasteiger partial charge in [-0.2, -0.15) is 13.2 Å². The van der Waals surface area contributed by atoms with Crippen molar-refractivity contribution < 1.29 is 23.1 Å². The lowest BCUT2D eigenvalue weighted by molar-refractivity contribution is -0.209. The summed E-state index contributed by atoms with van der Waals surface area (Å²) in [4.78, 5) is 13.8. The molecule has 2 fully saturated rings. The zero-order valence-electron chi connectivity index (χ0n) is 12.7. The van der Waals surface area contributed by atoms with E-state index in [1.54, 1.807) is 4.90 Å². The molecule has 2 N–H and O–H groups in total. The third kappa shape index (κ3) is 5.12. The van der Waals surface area contributed by atoms with Crippen LogP contribution in [0.5, 0.6) is 0 Å². The van der Waals surface area contributed by atoms with E-state index in [2.05, 4.69) is 5.32 Å². The van der Waals surface area contributed by atoms with Gasteiger partial charge in [-0.1, -0.05) is 19.3 Å². The van der Waals surface area contributed by atoms with E-state index in [4.69, 9.17) is 5.11 Å². The molecular weight excluding hydrogens is 297 g/mol. The summed E-state index contributed by atoms with van der Waals surface area (Å²) in [6, 6.07) is 0.220. The van der Waals surface area contributed by atoms with Gasteiger partial charge in [0.05, 0.1) is 5.92 Å². The van der Waals surface area contributed by atoms with Crippen molar-refractivity contribution in [3.05, 3.63) is 0 Å². The molecule has 2 rings (SSSR count). The molecule has 7 heteroatoms. The predicted molar refractivity (Wildman–Crippen MR) is 76.2 cm³/mol. The van der Waals surface area contributed by atoms with E-state index < -0.39 is 18.8 Å². The number of amides is 1. The first-order valence-corrected chi connectivity index (χ1v) is 8.14. The maximum absolute atomic E-state index is 12.4. The molecule has 1 aliphatic heterocycles. The molecule has 4 nitrogen and oxygen atoms in total. The van der Waals surface area contributed by atoms with Crippen LogP contribution in [0, 0.1) is 5.92 Å². The number of likely N-dealkylation sites (tertiary alicyclic amines) is 1. The highest BCUT2D eigenvalue weighted by molar-refractivity contribution is 5.79. The van der Waals surface area contributed by atoms with Gasteiger partial charge in [-0.15, -0.1) is 0 Å². The summed E-state index contributed by atoms with van der Waals surface area (Å²) in [5, 5.41) is 12.2. The molecule has 0 unspecified atom stereocenters. The average molecular weight is 322 g/mol. The molecule has 0 aromatic heterocycles. The van der Waals surface area contributed by atoms with Crippen LogP contribution in [-0.4, -0.2) is 53.9 Å². The number of nitrogens with one attached hydrogen (secondary N) is 1. The number of alkyl halides is 3. The number of aliphatic hydroxyl groups excluding tert-OH is 1. The Labute approximate surface area is 129 Å². The molecule has 1 heterocycles. The summed E-state index contributed by atoms with van der Waals surface area (Å²) in [5.41, 5.74) is 0. The van der Waals surface area contributed by atoms with Gasteiger partial charge in [0.2, 0.25) is 5.91 Å². The second-order valence-corrected chi connectivity index (χ2v) is 6.50. The number of halogens is 3. The number of carbonyl (C=O) groups is 1. The molecule has 128 valence electrons. The Hall–Kier alpha value is -0.820. The van der Waals surface area contributed by atoms with Crippen LogP contribution in [0.2, 0.25) is 0 Å². The Kier molecular flexibility index (Phi) is 6.09. The number of piperidine rings is 1. The maximum atomic E-state index is 12.4. The fraction of sp³-hybridized carbons (Fsp3) is 0.933. The van der Waals surface area contributed by atoms with Crippen molar-refractivity contribution in [3.63, 3.8) is 0 Å². The molecule has 0 bridgehead atoms. The normalized spacial score (nSPS) is 26.6. The van der Waals surface area contributed by atoms with Gasteiger partial charge >= 0.3 is 6.18 Å². The fourth-order valence-electron chi connectivity index (χ4n) is 3.35. The molecule has 0 aromatic carbocycles. The van der Waals surface area contributed by atoms with Crippen molar-refractivity contribution in [1.82, 2.24) is 10.2 Å². The number of nitrogens with zero attached hydrogens (tertiary/aromatic N) is 1. The van der Waals surface area contributed by atoms with E-state index >= 15 is 0 Å². The lowest BCUT2D eigenvalue weighted by Crippen LogP contribution is -2.49. The van der Waals surface area contributed by atoms with Crippen molar-refractivity contribution in [2.45, 2.75) is 63.3 Å². The molecule has 0 radical (unpaired) electrons. The summed E-state index contributed by atoms with van der Waals surface area (Å²) >= 11 is 0. The second-order valence-electron chi connectivity index (χ2n) is 6.50. The monoisotopic (exact) mass is 322 g/mol. The van der Waals surface area contributed by atoms with Gasteiger partial charge in [-0.05, 0) is 32.2 Å². The van der Waals surface area contributed by atoms with Crippen LogP contribution in [0.15, 0.2) is 0 Å². The van der Waals surface area contributed by atoms with Crippen molar-refractivity contribution >= 4 is 5.91 Å². The van der Waals surface area contributed by atoms with Crippen LogP contribution in [0.25, 0.3) is 0 Å². The number of rotatable bonds is 4. The van der Waals surface area contributed by atoms with Gasteiger partial charge in [0.15, 0.2) is 6.10 Å². The molecule has 22 heavy (non-hydrogen) atoms. The number of hydrogen-bond acceptors (Lipinski definition) is 3. The first-order valence-electron chi connectivity index (χ1n) is 8.14. The van der Waals surface area contributed by atoms with Crippen LogP contribution in [0.4, 0.5) is 13.2 Å². The van der Waals surface area contributed by atoms with Crippen molar-refractivity contribution in [3.8, 4) is 0 Å². The van der Waals surface area contributed by atoms with Gasteiger partial charge < -0.3 is 10.4 Å². The number of aliphatic hydroxyl groups is 1. The van der Waals surface area contributed by atoms with Gasteiger partial charge in [0.25, 0.3) is 0 Å². The van der Waals surface area contributed by atoms with E-state index in [-0.39, 0.29) is 17.9 Å². The van der Waals surface area contributed by atoms with Gasteiger partial charge in [-0.25, -0.2) is 0 Å². The predicted octanol–water partition coefficient (Wildman–Crippen LogP) is 2.07. The van der Waals surface area contributed by atoms with Gasteiger partial charge in [0.1, 0.15) is 0 Å². The van der Waals surface area contributed by atoms with Gasteiger partial charge in [0, 0.05) is 19.1 Å². The Morgan fingerprint density at radius 1 is 1.18 bits per heavy atom. The third-order valence-electron chi connectivity index (χ3n) is 4.64. The molecule has 2 atom stereocenters. The highest BCUT2D eigenvalue weighted by atomic mass is 19.4. The topological polar surface area (TPSA) is 52.6 Å². The highest BCUT2D eigenvalue weighted by Gasteiger charge is 2.40. The van der Waals surface area contributed by atoms with Crippen LogP contribution in [-0.2, 0) is 4.79 Å². The van der Waals surface area contributed by atoms with E-state index in [0.29, 0.717) is 25.9 Å². The quantitative estimate of drug-likeness (QED) is 0.833. The van der Waals surface area contributed by atoms with Crippen LogP contribution >= 0.6 is 0 Å². The zero-order valence-corrected chi connectivity index (χ0v) is 12.7. The molecule has 1 saturated heterocycles. The molecule has 1 saturated carbocycles. The first-order chi connectivity index (χ1) is 10.4. The van der Waals surface area contributed by atoms with E-state index in [1.807, 2.05) is 0 Å². The standard InChI is InChI=1S/C15H25F3N2O2/c16-15(17,18)13(21)10-20-8-4-5-11(9-20)14(22)19-12-6-2-1-3-7-12/h11-13,21H,1-10H2,(H,19,22)/t11-,13-/m1/s1. The Balaban J connectivity index is 1.80. The molecule has 1 amide bonds. The Bertz CT molecular complexity index is 370. The lowest BCUT2D eigenvalue weighted by Gasteiger charge is -2.34. The molecule has 0 spiro atoms. The molecular formula is C15H25F3N2O2. The SMILES string of the molecule is O=C(NC1CCCCC1)[C@@H]1CCCN(C[C@@H](O)C(F)(F)F)C1. The summed E-state index contributed by atoms with van der Waals surface area (Å²) in [6.07, 6.45) is -0.100. The van der Waals surface area contributed by atoms with E-state index in [9.17, 15) is 18.0 Å². The van der Waals surface area contributed by atoms with E-state index in [0.717, 1.165) is 25.7 Å². The largest absolute Gasteiger partial charge is 0.415 e. The number of carbonyl (C=O) groups excluding carboxylic acids is 1. The molecule has 1 aliphatic carbocycles. The second kappa shape index (κ2) is 7.64. The summed E-state index contributed by atoms with van der Waals surface area (Å²) in [7, 11) is 0. The maximum Gasteiger partial charge on any atom is 0.415 e. The molecule has 2 aliphatic rings. The Morgan fingerprint density at radius 3 is 2.50 bits per heavy atom. The van der Waals surface area contributed by atoms with Crippen LogP contribution in [0.1, 0.15) is 44.9 Å². The summed E-state index contributed by atoms with van der Waals surface area (Å²) < 4.78 is 37.2. The van der Waals surface area contributed by atoms with Crippen LogP contribution in [0.3, 0.4) is 0 Å². The minimum Gasteiger partial charge on any atom is -0.382 e. The van der Waals surface area contributed by atoms with Crippen LogP contribution < -0.4 is 5.32 Å². The summed E-state index contributed by atoms with van der Waals surface area (Å²) in [5.74, 6) is -0.311. The molecule has 0 aromatic rings. The lowest BCUT2D eigenvalue weighted by atomic mass is 9.93. The zero-order chi connectivity index (χ0) is 16.2. The van der Waals surface area contributed by atoms with Crippen molar-refractivity contribution in [2.75, 3.05) is 19.6 Å². The minimum absolute atomic E-state index is 0.0434. The van der Waals surface area contributed by atoms with Crippen molar-refractivity contribution in [1.29, 1.82) is 0 Å². The average Bonchev–Trinajstić information content (AvgIpc) is 2.47. The fourth-order valence-corrected chi connectivity index (χ4v) is 3.35. The van der Waals surface area contributed by atoms with E-state index in [1.165, 1.54) is 6.42 Å². The van der Waals surface area contributed by atoms with Gasteiger partial charge in [-0.3, -0.25) is 9.69 Å². The smallest absolute Gasteiger partial charge is 0.382 e. The Morgan fingerprint density at radius 2 is 1.86 bits per heavy atom. The third-order valence-corrected chi connectivity index (χ3v) is 4.64. The highest BCUT2D eigenvalue weighted by Crippen LogP contribution is 2.24. The summed E-state index contributed by atoms with van der Waals surface area (Å²) in [6.45, 7) is 0.350. The first kappa shape index (κ1) is 17.5. The van der Waals surface area contributed by atoms with Crippen molar-refractivity contribution in [2.24, 2.45) is 5.92 Å². The minimum atomic E-state index is -4.60. The number of β-amino-alcohol motifs (C(OH)–C–C–N with tert-alkyl or cyclic N) is 1.